The summed E-state index contributed by atoms with van der Waals surface area (Å²) < 4.78 is 16.3. The molecule has 0 fully saturated rings. The first kappa shape index (κ1) is 25.2. The van der Waals surface area contributed by atoms with E-state index in [0.29, 0.717) is 12.1 Å². The van der Waals surface area contributed by atoms with Crippen LogP contribution in [0.15, 0.2) is 33.4 Å². The topological polar surface area (TPSA) is 34.6 Å². The van der Waals surface area contributed by atoms with Crippen LogP contribution in [0, 0.1) is 0 Å². The first-order valence-corrected chi connectivity index (χ1v) is 17.0. The standard InChI is InChI=1S/C24H45N4PSi/c1-12-13-18-29(24(6,7)8,26-30(9,10)11)25-23-27(19(2)3)21-16-14-15-17-22(21)28(23)20(4)5/h14-17,19-20H,12-13,18H2,1-11H3. The Labute approximate surface area is 186 Å². The van der Waals surface area contributed by atoms with Crippen LogP contribution in [0.3, 0.4) is 0 Å². The van der Waals surface area contributed by atoms with Crippen LogP contribution in [0.4, 0.5) is 0 Å². The molecule has 170 valence electrons. The van der Waals surface area contributed by atoms with Gasteiger partial charge >= 0.3 is 0 Å². The molecule has 2 aromatic rings. The summed E-state index contributed by atoms with van der Waals surface area (Å²) in [5, 5.41) is 0.0511. The van der Waals surface area contributed by atoms with Crippen LogP contribution in [0.25, 0.3) is 11.0 Å². The lowest BCUT2D eigenvalue weighted by Crippen LogP contribution is -2.31. The van der Waals surface area contributed by atoms with Gasteiger partial charge in [0.2, 0.25) is 5.62 Å². The zero-order valence-corrected chi connectivity index (χ0v) is 23.2. The Morgan fingerprint density at radius 2 is 1.40 bits per heavy atom. The van der Waals surface area contributed by atoms with E-state index in [-0.39, 0.29) is 5.16 Å². The number of para-hydroxylation sites is 2. The van der Waals surface area contributed by atoms with Gasteiger partial charge in [-0.25, -0.2) is 4.76 Å². The second kappa shape index (κ2) is 9.20. The fourth-order valence-corrected chi connectivity index (χ4v) is 12.2. The number of hydrogen-bond donors (Lipinski definition) is 0. The SMILES string of the molecule is CCCCP(N=c1n(C(C)C)c2ccccc2n1C(C)C)(=N[Si](C)(C)C)C(C)(C)C. The van der Waals surface area contributed by atoms with E-state index in [1.54, 1.807) is 0 Å². The molecule has 0 bridgehead atoms. The maximum Gasteiger partial charge on any atom is 0.211 e. The second-order valence-corrected chi connectivity index (χ2v) is 19.7. The van der Waals surface area contributed by atoms with Gasteiger partial charge < -0.3 is 13.5 Å². The zero-order chi connectivity index (χ0) is 22.9. The predicted molar refractivity (Wildman–Crippen MR) is 138 cm³/mol. The minimum absolute atomic E-state index is 0.0511. The number of nitrogens with zero attached hydrogens (tertiary/aromatic N) is 4. The second-order valence-electron chi connectivity index (χ2n) is 11.1. The summed E-state index contributed by atoms with van der Waals surface area (Å²) in [4.78, 5) is 0. The van der Waals surface area contributed by atoms with E-state index in [1.807, 2.05) is 0 Å². The van der Waals surface area contributed by atoms with Crippen molar-refractivity contribution in [1.82, 2.24) is 9.13 Å². The molecule has 0 saturated heterocycles. The summed E-state index contributed by atoms with van der Waals surface area (Å²) in [5.74, 6) is 0. The molecule has 0 aliphatic carbocycles. The average molecular weight is 449 g/mol. The number of rotatable bonds is 7. The molecule has 0 spiro atoms. The Morgan fingerprint density at radius 1 is 0.933 bits per heavy atom. The van der Waals surface area contributed by atoms with Gasteiger partial charge in [0.25, 0.3) is 0 Å². The highest BCUT2D eigenvalue weighted by Gasteiger charge is 2.36. The average Bonchev–Trinajstić information content (AvgIpc) is 2.91. The van der Waals surface area contributed by atoms with Crippen LogP contribution >= 0.6 is 7.21 Å². The molecule has 1 atom stereocenters. The van der Waals surface area contributed by atoms with E-state index < -0.39 is 15.4 Å². The minimum Gasteiger partial charge on any atom is -0.318 e. The van der Waals surface area contributed by atoms with Crippen LogP contribution in [0.2, 0.25) is 19.6 Å². The Hall–Kier alpha value is -1.06. The lowest BCUT2D eigenvalue weighted by molar-refractivity contribution is 0.523. The highest BCUT2D eigenvalue weighted by atomic mass is 31.2. The fourth-order valence-electron chi connectivity index (χ4n) is 4.10. The molecule has 4 nitrogen and oxygen atoms in total. The van der Waals surface area contributed by atoms with E-state index in [2.05, 4.69) is 108 Å². The van der Waals surface area contributed by atoms with E-state index >= 15 is 0 Å². The Bertz CT molecular complexity index is 933. The van der Waals surface area contributed by atoms with Gasteiger partial charge in [0.05, 0.1) is 18.2 Å². The van der Waals surface area contributed by atoms with E-state index in [0.717, 1.165) is 11.8 Å². The van der Waals surface area contributed by atoms with Gasteiger partial charge in [-0.2, -0.15) is 0 Å². The third kappa shape index (κ3) is 5.22. The van der Waals surface area contributed by atoms with Crippen LogP contribution in [0.1, 0.15) is 80.3 Å². The van der Waals surface area contributed by atoms with Crippen molar-refractivity contribution in [2.24, 2.45) is 9.17 Å². The molecule has 2 rings (SSSR count). The zero-order valence-electron chi connectivity index (χ0n) is 21.3. The Kier molecular flexibility index (Phi) is 7.73. The molecule has 0 amide bonds. The molecule has 1 aromatic carbocycles. The van der Waals surface area contributed by atoms with Gasteiger partial charge in [-0.05, 0) is 46.2 Å². The van der Waals surface area contributed by atoms with Crippen molar-refractivity contribution < 1.29 is 0 Å². The molecule has 0 N–H and O–H groups in total. The van der Waals surface area contributed by atoms with Crippen molar-refractivity contribution in [1.29, 1.82) is 0 Å². The number of fused-ring (bicyclic) bond motifs is 1. The summed E-state index contributed by atoms with van der Waals surface area (Å²) in [5.41, 5.74) is 3.66. The van der Waals surface area contributed by atoms with Gasteiger partial charge in [0.15, 0.2) is 8.24 Å². The summed E-state index contributed by atoms with van der Waals surface area (Å²) in [7, 11) is -3.63. The van der Waals surface area contributed by atoms with Crippen molar-refractivity contribution in [3.05, 3.63) is 29.9 Å². The normalized spacial score (nSPS) is 15.1. The van der Waals surface area contributed by atoms with E-state index in [9.17, 15) is 0 Å². The first-order valence-electron chi connectivity index (χ1n) is 11.6. The molecule has 1 heterocycles. The monoisotopic (exact) mass is 448 g/mol. The quantitative estimate of drug-likeness (QED) is 0.303. The molecule has 0 saturated carbocycles. The smallest absolute Gasteiger partial charge is 0.211 e. The largest absolute Gasteiger partial charge is 0.318 e. The fraction of sp³-hybridized carbons (Fsp3) is 0.708. The Morgan fingerprint density at radius 3 is 1.73 bits per heavy atom. The molecule has 1 aromatic heterocycles. The molecule has 0 aliphatic heterocycles. The summed E-state index contributed by atoms with van der Waals surface area (Å²) >= 11 is 0. The van der Waals surface area contributed by atoms with Crippen LogP contribution in [0.5, 0.6) is 0 Å². The molecule has 0 radical (unpaired) electrons. The number of hydrogen-bond acceptors (Lipinski definition) is 1. The van der Waals surface area contributed by atoms with E-state index in [4.69, 9.17) is 9.17 Å². The third-order valence-electron chi connectivity index (χ3n) is 5.48. The predicted octanol–water partition coefficient (Wildman–Crippen LogP) is 8.06. The highest BCUT2D eigenvalue weighted by molar-refractivity contribution is 7.67. The van der Waals surface area contributed by atoms with Crippen molar-refractivity contribution in [2.45, 2.75) is 105 Å². The van der Waals surface area contributed by atoms with Crippen molar-refractivity contribution in [2.75, 3.05) is 6.16 Å². The van der Waals surface area contributed by atoms with Crippen molar-refractivity contribution >= 4 is 26.5 Å². The minimum atomic E-state index is -1.96. The molecule has 1 unspecified atom stereocenters. The van der Waals surface area contributed by atoms with Gasteiger partial charge in [-0.1, -0.05) is 65.9 Å². The summed E-state index contributed by atoms with van der Waals surface area (Å²) in [6, 6.07) is 9.46. The number of benzene rings is 1. The lowest BCUT2D eigenvalue weighted by Gasteiger charge is -2.36. The molecule has 6 heteroatoms. The number of aromatic nitrogens is 2. The first-order chi connectivity index (χ1) is 13.7. The lowest BCUT2D eigenvalue weighted by atomic mass is 10.3. The molecular weight excluding hydrogens is 403 g/mol. The molecule has 0 aliphatic rings. The van der Waals surface area contributed by atoms with Crippen molar-refractivity contribution in [3.63, 3.8) is 0 Å². The van der Waals surface area contributed by atoms with Gasteiger partial charge in [0, 0.05) is 23.4 Å². The van der Waals surface area contributed by atoms with Crippen LogP contribution < -0.4 is 5.62 Å². The van der Waals surface area contributed by atoms with Gasteiger partial charge in [-0.15, -0.1) is 0 Å². The van der Waals surface area contributed by atoms with Gasteiger partial charge in [0.1, 0.15) is 0 Å². The van der Waals surface area contributed by atoms with Crippen LogP contribution in [-0.2, 0) is 0 Å². The summed E-state index contributed by atoms with van der Waals surface area (Å²) in [6.45, 7) is 25.6. The third-order valence-corrected chi connectivity index (χ3v) is 12.8. The van der Waals surface area contributed by atoms with E-state index in [1.165, 1.54) is 23.9 Å². The van der Waals surface area contributed by atoms with Gasteiger partial charge in [-0.3, -0.25) is 0 Å². The molecule has 30 heavy (non-hydrogen) atoms. The van der Waals surface area contributed by atoms with Crippen LogP contribution in [-0.4, -0.2) is 28.7 Å². The Balaban J connectivity index is 3.13. The van der Waals surface area contributed by atoms with Crippen molar-refractivity contribution in [3.8, 4) is 0 Å². The maximum atomic E-state index is 5.77. The highest BCUT2D eigenvalue weighted by Crippen LogP contribution is 2.63. The number of imidazole rings is 1. The maximum absolute atomic E-state index is 5.77. The summed E-state index contributed by atoms with van der Waals surface area (Å²) in [6.07, 6.45) is 3.48. The molecular formula is C24H45N4PSi. The number of unbranched alkanes of at least 4 members (excludes halogenated alkanes) is 1.